The number of nitrogen functional groups attached to an aromatic ring is 1. The van der Waals surface area contributed by atoms with Gasteiger partial charge in [0.15, 0.2) is 5.65 Å². The monoisotopic (exact) mass is 289 g/mol. The largest absolute Gasteiger partial charge is 0.383 e. The average molecular weight is 289 g/mol. The molecule has 114 valence electrons. The van der Waals surface area contributed by atoms with Crippen molar-refractivity contribution in [3.8, 4) is 0 Å². The third kappa shape index (κ3) is 2.84. The van der Waals surface area contributed by atoms with Gasteiger partial charge in [-0.3, -0.25) is 9.58 Å². The van der Waals surface area contributed by atoms with Crippen LogP contribution in [-0.4, -0.2) is 62.3 Å². The molecular formula is C14H23N7. The van der Waals surface area contributed by atoms with E-state index in [-0.39, 0.29) is 0 Å². The molecule has 0 bridgehead atoms. The van der Waals surface area contributed by atoms with Crippen LogP contribution in [-0.2, 0) is 13.6 Å². The molecule has 7 nitrogen and oxygen atoms in total. The fourth-order valence-electron chi connectivity index (χ4n) is 3.00. The first-order valence-corrected chi connectivity index (χ1v) is 7.41. The van der Waals surface area contributed by atoms with Crippen molar-refractivity contribution in [2.75, 3.05) is 32.4 Å². The van der Waals surface area contributed by atoms with E-state index in [1.165, 1.54) is 6.42 Å². The van der Waals surface area contributed by atoms with Crippen LogP contribution < -0.4 is 5.73 Å². The summed E-state index contributed by atoms with van der Waals surface area (Å²) in [5.41, 5.74) is 6.83. The Morgan fingerprint density at radius 3 is 2.90 bits per heavy atom. The van der Waals surface area contributed by atoms with Crippen molar-refractivity contribution in [3.05, 3.63) is 12.0 Å². The first-order valence-electron chi connectivity index (χ1n) is 7.41. The third-order valence-electron chi connectivity index (χ3n) is 4.20. The minimum atomic E-state index is 0.490. The normalized spacial score (nSPS) is 21.8. The summed E-state index contributed by atoms with van der Waals surface area (Å²) in [4.78, 5) is 13.9. The van der Waals surface area contributed by atoms with Crippen LogP contribution in [0.1, 0.15) is 19.2 Å². The zero-order valence-corrected chi connectivity index (χ0v) is 13.0. The molecule has 1 fully saturated rings. The lowest BCUT2D eigenvalue weighted by Crippen LogP contribution is -2.37. The van der Waals surface area contributed by atoms with E-state index in [0.29, 0.717) is 11.9 Å². The molecule has 0 aromatic carbocycles. The number of nitrogens with zero attached hydrogens (tertiary/aromatic N) is 6. The van der Waals surface area contributed by atoms with Gasteiger partial charge < -0.3 is 10.6 Å². The molecule has 21 heavy (non-hydrogen) atoms. The zero-order valence-electron chi connectivity index (χ0n) is 13.0. The number of aryl methyl sites for hydroxylation is 1. The van der Waals surface area contributed by atoms with Crippen molar-refractivity contribution in [2.24, 2.45) is 7.05 Å². The minimum absolute atomic E-state index is 0.490. The summed E-state index contributed by atoms with van der Waals surface area (Å²) in [6.07, 6.45) is 2.89. The van der Waals surface area contributed by atoms with Gasteiger partial charge in [0.25, 0.3) is 0 Å². The second kappa shape index (κ2) is 5.57. The Labute approximate surface area is 124 Å². The number of nitrogens with two attached hydrogens (primary N) is 1. The van der Waals surface area contributed by atoms with Crippen LogP contribution in [0.2, 0.25) is 0 Å². The fraction of sp³-hybridized carbons (Fsp3) is 0.643. The Balaban J connectivity index is 1.85. The molecule has 2 aromatic heterocycles. The van der Waals surface area contributed by atoms with Crippen LogP contribution in [0.25, 0.3) is 11.0 Å². The Kier molecular flexibility index (Phi) is 3.77. The number of rotatable bonds is 2. The smallest absolute Gasteiger partial charge is 0.163 e. The fourth-order valence-corrected chi connectivity index (χ4v) is 3.00. The molecule has 1 aliphatic rings. The van der Waals surface area contributed by atoms with Crippen LogP contribution >= 0.6 is 0 Å². The Bertz CT molecular complexity index is 636. The molecule has 0 saturated carbocycles. The van der Waals surface area contributed by atoms with Gasteiger partial charge in [-0.15, -0.1) is 0 Å². The van der Waals surface area contributed by atoms with Crippen molar-refractivity contribution in [3.63, 3.8) is 0 Å². The Morgan fingerprint density at radius 1 is 1.29 bits per heavy atom. The lowest BCUT2D eigenvalue weighted by molar-refractivity contribution is 0.190. The van der Waals surface area contributed by atoms with Gasteiger partial charge in [-0.1, -0.05) is 0 Å². The number of aromatic nitrogens is 4. The van der Waals surface area contributed by atoms with E-state index in [1.54, 1.807) is 10.9 Å². The van der Waals surface area contributed by atoms with E-state index >= 15 is 0 Å². The van der Waals surface area contributed by atoms with Gasteiger partial charge in [0.2, 0.25) is 0 Å². The second-order valence-electron chi connectivity index (χ2n) is 5.97. The predicted octanol–water partition coefficient (Wildman–Crippen LogP) is 0.472. The summed E-state index contributed by atoms with van der Waals surface area (Å²) < 4.78 is 1.75. The second-order valence-corrected chi connectivity index (χ2v) is 5.97. The van der Waals surface area contributed by atoms with Crippen LogP contribution in [0.4, 0.5) is 5.82 Å². The van der Waals surface area contributed by atoms with Crippen LogP contribution in [0.15, 0.2) is 6.20 Å². The Morgan fingerprint density at radius 2 is 2.10 bits per heavy atom. The molecule has 1 unspecified atom stereocenters. The number of hydrogen-bond donors (Lipinski definition) is 1. The summed E-state index contributed by atoms with van der Waals surface area (Å²) in [6, 6.07) is 0.490. The van der Waals surface area contributed by atoms with Gasteiger partial charge in [0, 0.05) is 26.2 Å². The maximum atomic E-state index is 6.03. The molecule has 1 saturated heterocycles. The number of likely N-dealkylation sites (N-methyl/N-ethyl adjacent to an activating group) is 1. The van der Waals surface area contributed by atoms with E-state index in [0.717, 1.165) is 43.0 Å². The van der Waals surface area contributed by atoms with Gasteiger partial charge in [-0.05, 0) is 26.9 Å². The maximum Gasteiger partial charge on any atom is 0.163 e. The highest BCUT2D eigenvalue weighted by atomic mass is 15.3. The highest BCUT2D eigenvalue weighted by molar-refractivity contribution is 5.84. The van der Waals surface area contributed by atoms with Gasteiger partial charge in [0.1, 0.15) is 11.6 Å². The Hall–Kier alpha value is -1.73. The summed E-state index contributed by atoms with van der Waals surface area (Å²) in [7, 11) is 4.05. The standard InChI is InChI=1S/C14H23N7/c1-10-8-19(2)5-4-6-21(10)9-12-17-13(15)11-7-16-20(3)14(11)18-12/h7,10H,4-6,8-9H2,1-3H3,(H2,15,17,18). The average Bonchev–Trinajstić information content (AvgIpc) is 2.72. The van der Waals surface area contributed by atoms with Gasteiger partial charge in [0.05, 0.1) is 18.1 Å². The van der Waals surface area contributed by atoms with Crippen molar-refractivity contribution in [1.29, 1.82) is 0 Å². The molecule has 0 spiro atoms. The first-order chi connectivity index (χ1) is 10.0. The molecule has 0 radical (unpaired) electrons. The molecule has 1 atom stereocenters. The highest BCUT2D eigenvalue weighted by Crippen LogP contribution is 2.18. The highest BCUT2D eigenvalue weighted by Gasteiger charge is 2.21. The van der Waals surface area contributed by atoms with E-state index in [4.69, 9.17) is 5.73 Å². The SMILES string of the molecule is CC1CN(C)CCCN1Cc1nc(N)c2cnn(C)c2n1. The van der Waals surface area contributed by atoms with E-state index in [9.17, 15) is 0 Å². The van der Waals surface area contributed by atoms with E-state index in [2.05, 4.69) is 38.8 Å². The molecule has 3 rings (SSSR count). The molecule has 7 heteroatoms. The lowest BCUT2D eigenvalue weighted by atomic mass is 10.2. The van der Waals surface area contributed by atoms with Gasteiger partial charge >= 0.3 is 0 Å². The van der Waals surface area contributed by atoms with Crippen molar-refractivity contribution >= 4 is 16.9 Å². The third-order valence-corrected chi connectivity index (χ3v) is 4.20. The summed E-state index contributed by atoms with van der Waals surface area (Å²) in [5.74, 6) is 1.29. The minimum Gasteiger partial charge on any atom is -0.383 e. The molecular weight excluding hydrogens is 266 g/mol. The molecule has 1 aliphatic heterocycles. The molecule has 3 heterocycles. The van der Waals surface area contributed by atoms with Crippen LogP contribution in [0, 0.1) is 0 Å². The van der Waals surface area contributed by atoms with Gasteiger partial charge in [-0.25, -0.2) is 9.97 Å². The summed E-state index contributed by atoms with van der Waals surface area (Å²) in [5, 5.41) is 5.02. The zero-order chi connectivity index (χ0) is 15.0. The van der Waals surface area contributed by atoms with E-state index < -0.39 is 0 Å². The molecule has 2 aromatic rings. The van der Waals surface area contributed by atoms with Crippen molar-refractivity contribution < 1.29 is 0 Å². The topological polar surface area (TPSA) is 76.1 Å². The molecule has 0 amide bonds. The van der Waals surface area contributed by atoms with Gasteiger partial charge in [-0.2, -0.15) is 5.10 Å². The molecule has 2 N–H and O–H groups in total. The number of hydrogen-bond acceptors (Lipinski definition) is 6. The van der Waals surface area contributed by atoms with Crippen LogP contribution in [0.3, 0.4) is 0 Å². The van der Waals surface area contributed by atoms with Crippen molar-refractivity contribution in [1.82, 2.24) is 29.5 Å². The lowest BCUT2D eigenvalue weighted by Gasteiger charge is -2.27. The van der Waals surface area contributed by atoms with Crippen LogP contribution in [0.5, 0.6) is 0 Å². The number of anilines is 1. The predicted molar refractivity (Wildman–Crippen MR) is 82.7 cm³/mol. The maximum absolute atomic E-state index is 6.03. The number of fused-ring (bicyclic) bond motifs is 1. The van der Waals surface area contributed by atoms with Crippen molar-refractivity contribution in [2.45, 2.75) is 25.9 Å². The summed E-state index contributed by atoms with van der Waals surface area (Å²) in [6.45, 7) is 6.28. The quantitative estimate of drug-likeness (QED) is 0.866. The van der Waals surface area contributed by atoms with E-state index in [1.807, 2.05) is 7.05 Å². The summed E-state index contributed by atoms with van der Waals surface area (Å²) >= 11 is 0. The first kappa shape index (κ1) is 14.2. The molecule has 0 aliphatic carbocycles.